The van der Waals surface area contributed by atoms with Gasteiger partial charge in [-0.15, -0.1) is 10.2 Å². The number of rotatable bonds is 3. The molecule has 4 nitrogen and oxygen atoms in total. The molecular formula is C17H24N4. The third-order valence-electron chi connectivity index (χ3n) is 4.43. The zero-order valence-electron chi connectivity index (χ0n) is 13.3. The number of aromatic nitrogens is 3. The Morgan fingerprint density at radius 3 is 2.76 bits per heavy atom. The lowest BCUT2D eigenvalue weighted by atomic mass is 10.0. The molecule has 0 spiro atoms. The van der Waals surface area contributed by atoms with Crippen LogP contribution in [-0.2, 0) is 13.0 Å². The Balaban J connectivity index is 1.89. The van der Waals surface area contributed by atoms with E-state index in [-0.39, 0.29) is 0 Å². The van der Waals surface area contributed by atoms with Gasteiger partial charge in [0.2, 0.25) is 0 Å². The lowest BCUT2D eigenvalue weighted by Gasteiger charge is -2.27. The van der Waals surface area contributed by atoms with Gasteiger partial charge in [-0.2, -0.15) is 0 Å². The Hall–Kier alpha value is -1.68. The summed E-state index contributed by atoms with van der Waals surface area (Å²) in [5.41, 5.74) is 3.99. The van der Waals surface area contributed by atoms with Gasteiger partial charge in [0.05, 0.1) is 6.04 Å². The van der Waals surface area contributed by atoms with E-state index in [1.165, 1.54) is 16.7 Å². The Kier molecular flexibility index (Phi) is 3.81. The molecule has 1 unspecified atom stereocenters. The van der Waals surface area contributed by atoms with E-state index in [0.717, 1.165) is 31.2 Å². The van der Waals surface area contributed by atoms with Gasteiger partial charge in [0, 0.05) is 19.5 Å². The summed E-state index contributed by atoms with van der Waals surface area (Å²) in [6, 6.07) is 6.97. The van der Waals surface area contributed by atoms with E-state index in [1.54, 1.807) is 0 Å². The lowest BCUT2D eigenvalue weighted by molar-refractivity contribution is 0.335. The molecule has 1 aromatic carbocycles. The molecule has 1 atom stereocenters. The number of hydrogen-bond acceptors (Lipinski definition) is 3. The van der Waals surface area contributed by atoms with E-state index < -0.39 is 0 Å². The van der Waals surface area contributed by atoms with Crippen molar-refractivity contribution in [2.24, 2.45) is 5.92 Å². The van der Waals surface area contributed by atoms with Crippen LogP contribution in [0.5, 0.6) is 0 Å². The van der Waals surface area contributed by atoms with Gasteiger partial charge in [-0.05, 0) is 36.5 Å². The highest BCUT2D eigenvalue weighted by Crippen LogP contribution is 2.24. The third kappa shape index (κ3) is 2.72. The summed E-state index contributed by atoms with van der Waals surface area (Å²) in [5.74, 6) is 2.71. The number of nitrogens with zero attached hydrogens (tertiary/aromatic N) is 3. The van der Waals surface area contributed by atoms with E-state index in [0.29, 0.717) is 12.0 Å². The van der Waals surface area contributed by atoms with Crippen LogP contribution in [0.4, 0.5) is 0 Å². The summed E-state index contributed by atoms with van der Waals surface area (Å²) in [6.07, 6.45) is 0.860. The van der Waals surface area contributed by atoms with Gasteiger partial charge in [-0.1, -0.05) is 32.0 Å². The van der Waals surface area contributed by atoms with E-state index in [4.69, 9.17) is 0 Å². The Bertz CT molecular complexity index is 642. The summed E-state index contributed by atoms with van der Waals surface area (Å²) in [4.78, 5) is 0. The monoisotopic (exact) mass is 284 g/mol. The number of fused-ring (bicyclic) bond motifs is 1. The second-order valence-corrected chi connectivity index (χ2v) is 6.40. The minimum atomic E-state index is 0.319. The standard InChI is InChI=1S/C17H24N4/c1-11(2)16-17-20-19-15(21(17)8-7-18-16)10-14-6-5-12(3)13(4)9-14/h5-6,9,11,16,18H,7-8,10H2,1-4H3. The molecule has 1 aliphatic rings. The minimum Gasteiger partial charge on any atom is -0.312 e. The molecule has 2 aromatic rings. The van der Waals surface area contributed by atoms with Gasteiger partial charge in [-0.3, -0.25) is 0 Å². The van der Waals surface area contributed by atoms with Gasteiger partial charge in [-0.25, -0.2) is 0 Å². The fourth-order valence-electron chi connectivity index (χ4n) is 3.01. The van der Waals surface area contributed by atoms with Crippen molar-refractivity contribution in [1.29, 1.82) is 0 Å². The molecule has 0 fully saturated rings. The summed E-state index contributed by atoms with van der Waals surface area (Å²) >= 11 is 0. The molecule has 112 valence electrons. The fraction of sp³-hybridized carbons (Fsp3) is 0.529. The number of hydrogen-bond donors (Lipinski definition) is 1. The lowest BCUT2D eigenvalue weighted by Crippen LogP contribution is -2.37. The summed E-state index contributed by atoms with van der Waals surface area (Å²) < 4.78 is 2.30. The average molecular weight is 284 g/mol. The van der Waals surface area contributed by atoms with Gasteiger partial charge >= 0.3 is 0 Å². The Labute approximate surface area is 126 Å². The predicted octanol–water partition coefficient (Wildman–Crippen LogP) is 2.79. The molecule has 4 heteroatoms. The van der Waals surface area contributed by atoms with Crippen molar-refractivity contribution in [3.8, 4) is 0 Å². The van der Waals surface area contributed by atoms with Crippen molar-refractivity contribution in [2.45, 2.75) is 46.7 Å². The first-order valence-corrected chi connectivity index (χ1v) is 7.77. The zero-order chi connectivity index (χ0) is 15.0. The molecule has 0 radical (unpaired) electrons. The molecule has 0 bridgehead atoms. The van der Waals surface area contributed by atoms with Crippen LogP contribution in [0.2, 0.25) is 0 Å². The number of benzene rings is 1. The quantitative estimate of drug-likeness (QED) is 0.942. The summed E-state index contributed by atoms with van der Waals surface area (Å²) in [7, 11) is 0. The van der Waals surface area contributed by atoms with Crippen molar-refractivity contribution >= 4 is 0 Å². The van der Waals surface area contributed by atoms with Gasteiger partial charge in [0.1, 0.15) is 5.82 Å². The molecule has 1 N–H and O–H groups in total. The van der Waals surface area contributed by atoms with Gasteiger partial charge < -0.3 is 9.88 Å². The fourth-order valence-corrected chi connectivity index (χ4v) is 3.01. The molecule has 1 aromatic heterocycles. The van der Waals surface area contributed by atoms with Gasteiger partial charge in [0.25, 0.3) is 0 Å². The molecule has 0 saturated heterocycles. The van der Waals surface area contributed by atoms with Crippen LogP contribution in [0.15, 0.2) is 18.2 Å². The van der Waals surface area contributed by atoms with Crippen molar-refractivity contribution in [1.82, 2.24) is 20.1 Å². The normalized spacial score (nSPS) is 18.0. The smallest absolute Gasteiger partial charge is 0.150 e. The van der Waals surface area contributed by atoms with Crippen LogP contribution >= 0.6 is 0 Å². The van der Waals surface area contributed by atoms with E-state index >= 15 is 0 Å². The molecule has 21 heavy (non-hydrogen) atoms. The molecule has 0 amide bonds. The minimum absolute atomic E-state index is 0.319. The largest absolute Gasteiger partial charge is 0.312 e. The molecule has 0 saturated carbocycles. The highest BCUT2D eigenvalue weighted by Gasteiger charge is 2.26. The van der Waals surface area contributed by atoms with Crippen LogP contribution in [-0.4, -0.2) is 21.3 Å². The van der Waals surface area contributed by atoms with E-state index in [1.807, 2.05) is 0 Å². The van der Waals surface area contributed by atoms with Crippen LogP contribution in [0.1, 0.15) is 48.2 Å². The Morgan fingerprint density at radius 1 is 1.24 bits per heavy atom. The number of nitrogens with one attached hydrogen (secondary N) is 1. The first kappa shape index (κ1) is 14.3. The topological polar surface area (TPSA) is 42.7 Å². The van der Waals surface area contributed by atoms with Crippen molar-refractivity contribution in [3.63, 3.8) is 0 Å². The zero-order valence-corrected chi connectivity index (χ0v) is 13.3. The molecule has 1 aliphatic heterocycles. The SMILES string of the molecule is Cc1ccc(Cc2nnc3n2CCNC3C(C)C)cc1C. The van der Waals surface area contributed by atoms with Crippen LogP contribution in [0.3, 0.4) is 0 Å². The van der Waals surface area contributed by atoms with Crippen LogP contribution in [0.25, 0.3) is 0 Å². The van der Waals surface area contributed by atoms with E-state index in [2.05, 4.69) is 66.0 Å². The molecular weight excluding hydrogens is 260 g/mol. The highest BCUT2D eigenvalue weighted by molar-refractivity contribution is 5.31. The average Bonchev–Trinajstić information content (AvgIpc) is 2.86. The van der Waals surface area contributed by atoms with Crippen LogP contribution < -0.4 is 5.32 Å². The summed E-state index contributed by atoms with van der Waals surface area (Å²) in [5, 5.41) is 12.4. The second-order valence-electron chi connectivity index (χ2n) is 6.40. The first-order valence-electron chi connectivity index (χ1n) is 7.77. The second kappa shape index (κ2) is 5.60. The van der Waals surface area contributed by atoms with Crippen molar-refractivity contribution < 1.29 is 0 Å². The van der Waals surface area contributed by atoms with Crippen molar-refractivity contribution in [2.75, 3.05) is 6.54 Å². The first-order chi connectivity index (χ1) is 10.1. The summed E-state index contributed by atoms with van der Waals surface area (Å²) in [6.45, 7) is 10.7. The predicted molar refractivity (Wildman–Crippen MR) is 84.3 cm³/mol. The molecule has 3 rings (SSSR count). The maximum Gasteiger partial charge on any atom is 0.150 e. The van der Waals surface area contributed by atoms with Crippen molar-refractivity contribution in [3.05, 3.63) is 46.5 Å². The molecule has 2 heterocycles. The van der Waals surface area contributed by atoms with E-state index in [9.17, 15) is 0 Å². The van der Waals surface area contributed by atoms with Gasteiger partial charge in [0.15, 0.2) is 5.82 Å². The highest BCUT2D eigenvalue weighted by atomic mass is 15.3. The molecule has 0 aliphatic carbocycles. The number of aryl methyl sites for hydroxylation is 2. The maximum absolute atomic E-state index is 4.45. The third-order valence-corrected chi connectivity index (χ3v) is 4.43. The maximum atomic E-state index is 4.45. The van der Waals surface area contributed by atoms with Crippen LogP contribution in [0, 0.1) is 19.8 Å². The Morgan fingerprint density at radius 2 is 2.05 bits per heavy atom.